The minimum atomic E-state index is -0.164. The molecule has 0 amide bonds. The average molecular weight is 541 g/mol. The minimum absolute atomic E-state index is 0.164. The number of H-pyrrole nitrogens is 1. The molecule has 0 fully saturated rings. The van der Waals surface area contributed by atoms with Gasteiger partial charge in [-0.1, -0.05) is 42.5 Å². The van der Waals surface area contributed by atoms with E-state index in [-0.39, 0.29) is 5.56 Å². The Morgan fingerprint density at radius 3 is 2.30 bits per heavy atom. The van der Waals surface area contributed by atoms with Crippen LogP contribution in [0.4, 0.5) is 0 Å². The highest BCUT2D eigenvalue weighted by Gasteiger charge is 2.17. The van der Waals surface area contributed by atoms with Crippen molar-refractivity contribution in [3.05, 3.63) is 106 Å². The Kier molecular flexibility index (Phi) is 8.36. The zero-order valence-corrected chi connectivity index (χ0v) is 22.8. The number of tetrazole rings is 1. The summed E-state index contributed by atoms with van der Waals surface area (Å²) in [6.45, 7) is 2.08. The molecule has 5 rings (SSSR count). The Labute approximate surface area is 232 Å². The number of aryl methyl sites for hydroxylation is 2. The van der Waals surface area contributed by atoms with Gasteiger partial charge in [0.25, 0.3) is 5.56 Å². The molecule has 0 aliphatic rings. The van der Waals surface area contributed by atoms with Gasteiger partial charge in [-0.05, 0) is 52.2 Å². The third-order valence-corrected chi connectivity index (χ3v) is 6.81. The fourth-order valence-corrected chi connectivity index (χ4v) is 4.68. The molecule has 2 aromatic heterocycles. The summed E-state index contributed by atoms with van der Waals surface area (Å²) in [5.41, 5.74) is 3.43. The Morgan fingerprint density at radius 1 is 0.825 bits per heavy atom. The van der Waals surface area contributed by atoms with Crippen LogP contribution < -0.4 is 19.8 Å². The summed E-state index contributed by atoms with van der Waals surface area (Å²) < 4.78 is 18.0. The highest BCUT2D eigenvalue weighted by atomic mass is 16.5. The fraction of sp³-hybridized carbons (Fsp3) is 0.267. The number of nitrogens with one attached hydrogen (secondary N) is 1. The second kappa shape index (κ2) is 12.4. The van der Waals surface area contributed by atoms with Crippen LogP contribution in [0.25, 0.3) is 10.9 Å². The van der Waals surface area contributed by atoms with E-state index in [1.54, 1.807) is 27.4 Å². The van der Waals surface area contributed by atoms with E-state index in [9.17, 15) is 4.79 Å². The van der Waals surface area contributed by atoms with Gasteiger partial charge < -0.3 is 19.2 Å². The van der Waals surface area contributed by atoms with Gasteiger partial charge >= 0.3 is 0 Å². The van der Waals surface area contributed by atoms with Crippen LogP contribution >= 0.6 is 0 Å². The molecule has 0 aliphatic carbocycles. The van der Waals surface area contributed by atoms with Gasteiger partial charge in [0.15, 0.2) is 17.3 Å². The topological polar surface area (TPSA) is 107 Å². The average Bonchev–Trinajstić information content (AvgIpc) is 3.43. The van der Waals surface area contributed by atoms with Crippen molar-refractivity contribution >= 4 is 10.9 Å². The number of ether oxygens (including phenoxy) is 3. The molecule has 0 spiro atoms. The highest BCUT2D eigenvalue weighted by molar-refractivity contribution is 5.83. The van der Waals surface area contributed by atoms with E-state index in [0.29, 0.717) is 48.8 Å². The van der Waals surface area contributed by atoms with Crippen molar-refractivity contribution in [3.8, 4) is 17.2 Å². The molecule has 1 N–H and O–H groups in total. The monoisotopic (exact) mass is 540 g/mol. The quantitative estimate of drug-likeness (QED) is 0.253. The maximum absolute atomic E-state index is 13.2. The smallest absolute Gasteiger partial charge is 0.252 e. The zero-order chi connectivity index (χ0) is 27.9. The number of rotatable bonds is 12. The Balaban J connectivity index is 1.42. The molecule has 40 heavy (non-hydrogen) atoms. The molecule has 10 nitrogen and oxygen atoms in total. The molecule has 2 heterocycles. The maximum Gasteiger partial charge on any atom is 0.252 e. The number of benzene rings is 3. The predicted octanol–water partition coefficient (Wildman–Crippen LogP) is 3.99. The Morgan fingerprint density at radius 2 is 1.57 bits per heavy atom. The van der Waals surface area contributed by atoms with Gasteiger partial charge in [0, 0.05) is 36.7 Å². The van der Waals surface area contributed by atoms with Gasteiger partial charge in [0.1, 0.15) is 5.75 Å². The lowest BCUT2D eigenvalue weighted by Gasteiger charge is -2.22. The molecule has 206 valence electrons. The number of pyridine rings is 1. The summed E-state index contributed by atoms with van der Waals surface area (Å²) in [4.78, 5) is 18.3. The first-order valence-corrected chi connectivity index (χ1v) is 13.0. The van der Waals surface area contributed by atoms with E-state index in [2.05, 4.69) is 37.5 Å². The van der Waals surface area contributed by atoms with E-state index >= 15 is 0 Å². The maximum atomic E-state index is 13.2. The van der Waals surface area contributed by atoms with Gasteiger partial charge in [0.05, 0.1) is 33.4 Å². The van der Waals surface area contributed by atoms with E-state index in [1.165, 1.54) is 5.56 Å². The van der Waals surface area contributed by atoms with Gasteiger partial charge in [-0.15, -0.1) is 5.10 Å². The first-order valence-electron chi connectivity index (χ1n) is 13.0. The van der Waals surface area contributed by atoms with E-state index in [1.807, 2.05) is 59.3 Å². The van der Waals surface area contributed by atoms with Crippen LogP contribution in [-0.4, -0.2) is 51.4 Å². The van der Waals surface area contributed by atoms with Crippen LogP contribution in [0.3, 0.4) is 0 Å². The lowest BCUT2D eigenvalue weighted by atomic mass is 10.1. The third kappa shape index (κ3) is 6.29. The van der Waals surface area contributed by atoms with Gasteiger partial charge in [-0.3, -0.25) is 9.69 Å². The standard InChI is InChI=1S/C30H32N6O4/c1-38-25-11-9-22(10-12-25)18-35(20-29-32-33-34-36(29)14-13-21-7-5-4-6-8-21)19-24-15-23-16-27(39-2)28(40-3)17-26(23)31-30(24)37/h4-12,15-17H,13-14,18-20H2,1-3H3,(H,31,37). The molecule has 3 aromatic carbocycles. The van der Waals surface area contributed by atoms with Crippen LogP contribution in [-0.2, 0) is 32.6 Å². The second-order valence-electron chi connectivity index (χ2n) is 9.47. The SMILES string of the molecule is COc1ccc(CN(Cc2cc3cc(OC)c(OC)cc3[nH]c2=O)Cc2nnnn2CCc2ccccc2)cc1. The van der Waals surface area contributed by atoms with Crippen molar-refractivity contribution in [1.29, 1.82) is 0 Å². The summed E-state index contributed by atoms with van der Waals surface area (Å²) in [7, 11) is 4.81. The van der Waals surface area contributed by atoms with Crippen molar-refractivity contribution in [3.63, 3.8) is 0 Å². The number of hydrogen-bond donors (Lipinski definition) is 1. The van der Waals surface area contributed by atoms with Crippen LogP contribution in [0.5, 0.6) is 17.2 Å². The lowest BCUT2D eigenvalue weighted by molar-refractivity contribution is 0.235. The van der Waals surface area contributed by atoms with Crippen molar-refractivity contribution in [2.75, 3.05) is 21.3 Å². The normalized spacial score (nSPS) is 11.2. The number of fused-ring (bicyclic) bond motifs is 1. The summed E-state index contributed by atoms with van der Waals surface area (Å²) in [5.74, 6) is 2.67. The van der Waals surface area contributed by atoms with Crippen molar-refractivity contribution in [2.45, 2.75) is 32.6 Å². The van der Waals surface area contributed by atoms with Crippen LogP contribution in [0, 0.1) is 0 Å². The molecular formula is C30H32N6O4. The van der Waals surface area contributed by atoms with Crippen LogP contribution in [0.2, 0.25) is 0 Å². The molecule has 5 aromatic rings. The summed E-state index contributed by atoms with van der Waals surface area (Å²) in [6, 6.07) is 23.7. The van der Waals surface area contributed by atoms with Gasteiger partial charge in [0.2, 0.25) is 0 Å². The molecule has 10 heteroatoms. The fourth-order valence-electron chi connectivity index (χ4n) is 4.68. The Hall–Kier alpha value is -4.70. The summed E-state index contributed by atoms with van der Waals surface area (Å²) >= 11 is 0. The Bertz CT molecular complexity index is 1620. The lowest BCUT2D eigenvalue weighted by Crippen LogP contribution is -2.28. The number of methoxy groups -OCH3 is 3. The number of aromatic amines is 1. The molecule has 0 saturated heterocycles. The van der Waals surface area contributed by atoms with Gasteiger partial charge in [-0.2, -0.15) is 0 Å². The van der Waals surface area contributed by atoms with Crippen molar-refractivity contribution < 1.29 is 14.2 Å². The van der Waals surface area contributed by atoms with E-state index in [0.717, 1.165) is 28.9 Å². The van der Waals surface area contributed by atoms with Crippen LogP contribution in [0.1, 0.15) is 22.5 Å². The minimum Gasteiger partial charge on any atom is -0.497 e. The predicted molar refractivity (Wildman–Crippen MR) is 152 cm³/mol. The van der Waals surface area contributed by atoms with Crippen molar-refractivity contribution in [1.82, 2.24) is 30.1 Å². The third-order valence-electron chi connectivity index (χ3n) is 6.81. The van der Waals surface area contributed by atoms with E-state index in [4.69, 9.17) is 14.2 Å². The summed E-state index contributed by atoms with van der Waals surface area (Å²) in [6.07, 6.45) is 0.812. The first-order chi connectivity index (χ1) is 19.6. The van der Waals surface area contributed by atoms with Crippen LogP contribution in [0.15, 0.2) is 77.6 Å². The first kappa shape index (κ1) is 26.9. The molecule has 0 aliphatic heterocycles. The number of nitrogens with zero attached hydrogens (tertiary/aromatic N) is 5. The molecule has 0 atom stereocenters. The second-order valence-corrected chi connectivity index (χ2v) is 9.47. The zero-order valence-electron chi connectivity index (χ0n) is 22.8. The molecule has 0 unspecified atom stereocenters. The van der Waals surface area contributed by atoms with Crippen molar-refractivity contribution in [2.24, 2.45) is 0 Å². The largest absolute Gasteiger partial charge is 0.497 e. The molecule has 0 bridgehead atoms. The number of aromatic nitrogens is 5. The summed E-state index contributed by atoms with van der Waals surface area (Å²) in [5, 5.41) is 13.3. The molecule has 0 saturated carbocycles. The van der Waals surface area contributed by atoms with Gasteiger partial charge in [-0.25, -0.2) is 4.68 Å². The number of hydrogen-bond acceptors (Lipinski definition) is 8. The van der Waals surface area contributed by atoms with E-state index < -0.39 is 0 Å². The highest BCUT2D eigenvalue weighted by Crippen LogP contribution is 2.31. The molecule has 0 radical (unpaired) electrons. The molecular weight excluding hydrogens is 508 g/mol.